The van der Waals surface area contributed by atoms with Crippen LogP contribution in [0.2, 0.25) is 0 Å². The molecule has 0 aliphatic carbocycles. The summed E-state index contributed by atoms with van der Waals surface area (Å²) in [4.78, 5) is 23.0. The molecule has 128 valence electrons. The third-order valence-corrected chi connectivity index (χ3v) is 4.38. The van der Waals surface area contributed by atoms with Gasteiger partial charge in [-0.3, -0.25) is 4.79 Å². The number of aryl methyl sites for hydroxylation is 2. The molecule has 0 bridgehead atoms. The Morgan fingerprint density at radius 3 is 2.96 bits per heavy atom. The first-order valence-electron chi connectivity index (χ1n) is 8.44. The number of rotatable bonds is 4. The molecule has 0 radical (unpaired) electrons. The molecule has 1 amide bonds. The van der Waals surface area contributed by atoms with Crippen LogP contribution in [0.4, 0.5) is 0 Å². The zero-order valence-electron chi connectivity index (χ0n) is 13.8. The fraction of sp³-hybridized carbons (Fsp3) is 0.333. The van der Waals surface area contributed by atoms with Gasteiger partial charge in [0.2, 0.25) is 17.6 Å². The average molecular weight is 337 g/mol. The van der Waals surface area contributed by atoms with Gasteiger partial charge < -0.3 is 14.0 Å². The lowest BCUT2D eigenvalue weighted by atomic mass is 10.2. The zero-order chi connectivity index (χ0) is 17.1. The second-order valence-electron chi connectivity index (χ2n) is 6.12. The predicted octanol–water partition coefficient (Wildman–Crippen LogP) is 2.30. The molecule has 0 spiro atoms. The molecule has 0 saturated carbocycles. The number of fused-ring (bicyclic) bond motifs is 1. The van der Waals surface area contributed by atoms with Crippen molar-refractivity contribution < 1.29 is 9.32 Å². The fourth-order valence-corrected chi connectivity index (χ4v) is 3.03. The van der Waals surface area contributed by atoms with E-state index in [1.807, 2.05) is 47.8 Å². The smallest absolute Gasteiger partial charge is 0.227 e. The molecule has 1 aliphatic heterocycles. The standard InChI is InChI=1S/C18H19N5O2/c24-17(22-9-4-10-23-13-19-11-15(23)12-22)8-7-16-20-18(21-25-16)14-5-2-1-3-6-14/h1-3,5-6,11,13H,4,7-10,12H2. The minimum atomic E-state index is 0.106. The molecular formula is C18H19N5O2. The predicted molar refractivity (Wildman–Crippen MR) is 90.3 cm³/mol. The average Bonchev–Trinajstić information content (AvgIpc) is 3.25. The molecule has 0 N–H and O–H groups in total. The van der Waals surface area contributed by atoms with E-state index in [9.17, 15) is 4.79 Å². The van der Waals surface area contributed by atoms with E-state index in [1.54, 1.807) is 0 Å². The molecule has 1 aromatic carbocycles. The summed E-state index contributed by atoms with van der Waals surface area (Å²) in [5, 5.41) is 3.99. The second-order valence-corrected chi connectivity index (χ2v) is 6.12. The van der Waals surface area contributed by atoms with E-state index < -0.39 is 0 Å². The van der Waals surface area contributed by atoms with Gasteiger partial charge in [-0.25, -0.2) is 4.98 Å². The summed E-state index contributed by atoms with van der Waals surface area (Å²) in [5.74, 6) is 1.16. The zero-order valence-corrected chi connectivity index (χ0v) is 13.8. The van der Waals surface area contributed by atoms with E-state index in [4.69, 9.17) is 4.52 Å². The number of hydrogen-bond acceptors (Lipinski definition) is 5. The lowest BCUT2D eigenvalue weighted by Gasteiger charge is -2.19. The molecule has 25 heavy (non-hydrogen) atoms. The van der Waals surface area contributed by atoms with Crippen molar-refractivity contribution in [1.82, 2.24) is 24.6 Å². The van der Waals surface area contributed by atoms with Crippen LogP contribution in [0.5, 0.6) is 0 Å². The quantitative estimate of drug-likeness (QED) is 0.730. The second kappa shape index (κ2) is 6.88. The highest BCUT2D eigenvalue weighted by Crippen LogP contribution is 2.17. The van der Waals surface area contributed by atoms with Gasteiger partial charge >= 0.3 is 0 Å². The summed E-state index contributed by atoms with van der Waals surface area (Å²) in [6, 6.07) is 9.66. The number of aromatic nitrogens is 4. The molecule has 0 unspecified atom stereocenters. The summed E-state index contributed by atoms with van der Waals surface area (Å²) in [5.41, 5.74) is 1.99. The van der Waals surface area contributed by atoms with Crippen molar-refractivity contribution >= 4 is 5.91 Å². The summed E-state index contributed by atoms with van der Waals surface area (Å²) < 4.78 is 7.39. The van der Waals surface area contributed by atoms with E-state index in [0.717, 1.165) is 30.8 Å². The van der Waals surface area contributed by atoms with Crippen molar-refractivity contribution in [2.24, 2.45) is 0 Å². The van der Waals surface area contributed by atoms with Gasteiger partial charge in [0.1, 0.15) is 0 Å². The SMILES string of the molecule is O=C(CCc1nc(-c2ccccc2)no1)N1CCCn2cncc2C1. The first-order chi connectivity index (χ1) is 12.3. The Hall–Kier alpha value is -2.96. The highest BCUT2D eigenvalue weighted by Gasteiger charge is 2.20. The van der Waals surface area contributed by atoms with E-state index in [1.165, 1.54) is 0 Å². The fourth-order valence-electron chi connectivity index (χ4n) is 3.03. The van der Waals surface area contributed by atoms with Crippen molar-refractivity contribution in [3.63, 3.8) is 0 Å². The van der Waals surface area contributed by atoms with E-state index in [0.29, 0.717) is 31.1 Å². The topological polar surface area (TPSA) is 77.0 Å². The molecule has 3 heterocycles. The van der Waals surface area contributed by atoms with Crippen LogP contribution in [-0.4, -0.2) is 37.0 Å². The van der Waals surface area contributed by atoms with Gasteiger partial charge in [-0.1, -0.05) is 35.5 Å². The third kappa shape index (κ3) is 3.45. The maximum atomic E-state index is 12.5. The Kier molecular flexibility index (Phi) is 4.28. The van der Waals surface area contributed by atoms with E-state index in [-0.39, 0.29) is 5.91 Å². The first-order valence-corrected chi connectivity index (χ1v) is 8.44. The Balaban J connectivity index is 1.37. The molecule has 2 aromatic heterocycles. The molecule has 7 heteroatoms. The molecule has 7 nitrogen and oxygen atoms in total. The molecule has 1 aliphatic rings. The largest absolute Gasteiger partial charge is 0.339 e. The molecule has 0 atom stereocenters. The minimum Gasteiger partial charge on any atom is -0.339 e. The van der Waals surface area contributed by atoms with Gasteiger partial charge in [0.15, 0.2) is 0 Å². The summed E-state index contributed by atoms with van der Waals surface area (Å²) in [6.45, 7) is 2.28. The molecule has 4 rings (SSSR count). The number of imidazole rings is 1. The van der Waals surface area contributed by atoms with Crippen molar-refractivity contribution in [3.8, 4) is 11.4 Å². The number of hydrogen-bond donors (Lipinski definition) is 0. The Morgan fingerprint density at radius 2 is 2.08 bits per heavy atom. The van der Waals surface area contributed by atoms with Crippen LogP contribution in [0, 0.1) is 0 Å². The number of carbonyl (C=O) groups excluding carboxylic acids is 1. The Labute approximate surface area is 145 Å². The number of nitrogens with zero attached hydrogens (tertiary/aromatic N) is 5. The van der Waals surface area contributed by atoms with E-state index in [2.05, 4.69) is 19.7 Å². The van der Waals surface area contributed by atoms with Crippen molar-refractivity contribution in [3.05, 3.63) is 54.4 Å². The summed E-state index contributed by atoms with van der Waals surface area (Å²) >= 11 is 0. The van der Waals surface area contributed by atoms with E-state index >= 15 is 0 Å². The van der Waals surface area contributed by atoms with Crippen LogP contribution in [0.1, 0.15) is 24.4 Å². The van der Waals surface area contributed by atoms with Gasteiger partial charge in [-0.05, 0) is 6.42 Å². The normalized spacial score (nSPS) is 14.2. The lowest BCUT2D eigenvalue weighted by Crippen LogP contribution is -2.30. The Bertz CT molecular complexity index is 855. The van der Waals surface area contributed by atoms with Crippen molar-refractivity contribution in [2.75, 3.05) is 6.54 Å². The van der Waals surface area contributed by atoms with Crippen LogP contribution in [0.25, 0.3) is 11.4 Å². The van der Waals surface area contributed by atoms with Crippen LogP contribution in [-0.2, 0) is 24.3 Å². The number of amides is 1. The summed E-state index contributed by atoms with van der Waals surface area (Å²) in [6.07, 6.45) is 5.41. The monoisotopic (exact) mass is 337 g/mol. The molecule has 0 saturated heterocycles. The van der Waals surface area contributed by atoms with Crippen LogP contribution in [0.3, 0.4) is 0 Å². The highest BCUT2D eigenvalue weighted by molar-refractivity contribution is 5.76. The van der Waals surface area contributed by atoms with Crippen LogP contribution in [0.15, 0.2) is 47.4 Å². The van der Waals surface area contributed by atoms with Crippen LogP contribution < -0.4 is 0 Å². The maximum absolute atomic E-state index is 12.5. The third-order valence-electron chi connectivity index (χ3n) is 4.38. The maximum Gasteiger partial charge on any atom is 0.227 e. The van der Waals surface area contributed by atoms with Gasteiger partial charge in [0.25, 0.3) is 0 Å². The van der Waals surface area contributed by atoms with Gasteiger partial charge in [-0.2, -0.15) is 4.98 Å². The van der Waals surface area contributed by atoms with Crippen molar-refractivity contribution in [1.29, 1.82) is 0 Å². The number of benzene rings is 1. The first kappa shape index (κ1) is 15.6. The molecule has 3 aromatic rings. The molecule has 0 fully saturated rings. The number of carbonyl (C=O) groups is 1. The Morgan fingerprint density at radius 1 is 1.20 bits per heavy atom. The van der Waals surface area contributed by atoms with Crippen molar-refractivity contribution in [2.45, 2.75) is 32.4 Å². The highest BCUT2D eigenvalue weighted by atomic mass is 16.5. The van der Waals surface area contributed by atoms with Gasteiger partial charge in [0, 0.05) is 37.7 Å². The van der Waals surface area contributed by atoms with Crippen LogP contribution >= 0.6 is 0 Å². The minimum absolute atomic E-state index is 0.106. The lowest BCUT2D eigenvalue weighted by molar-refractivity contribution is -0.131. The van der Waals surface area contributed by atoms with Gasteiger partial charge in [-0.15, -0.1) is 0 Å². The summed E-state index contributed by atoms with van der Waals surface area (Å²) in [7, 11) is 0. The van der Waals surface area contributed by atoms with Gasteiger partial charge in [0.05, 0.1) is 18.6 Å². The molecular weight excluding hydrogens is 318 g/mol.